The summed E-state index contributed by atoms with van der Waals surface area (Å²) in [6, 6.07) is 10.2. The van der Waals surface area contributed by atoms with Crippen molar-refractivity contribution in [1.82, 2.24) is 0 Å². The van der Waals surface area contributed by atoms with Gasteiger partial charge in [0.2, 0.25) is 0 Å². The second kappa shape index (κ2) is 5.03. The van der Waals surface area contributed by atoms with Gasteiger partial charge in [-0.15, -0.1) is 0 Å². The molecule has 0 spiro atoms. The van der Waals surface area contributed by atoms with Gasteiger partial charge in [-0.05, 0) is 37.8 Å². The Bertz CT molecular complexity index is 388. The van der Waals surface area contributed by atoms with Gasteiger partial charge in [-0.2, -0.15) is 5.26 Å². The van der Waals surface area contributed by atoms with Crippen LogP contribution in [0.1, 0.15) is 31.7 Å². The molecule has 0 radical (unpaired) electrons. The fourth-order valence-electron chi connectivity index (χ4n) is 2.23. The van der Waals surface area contributed by atoms with Crippen molar-refractivity contribution in [3.63, 3.8) is 0 Å². The summed E-state index contributed by atoms with van der Waals surface area (Å²) < 4.78 is 0. The van der Waals surface area contributed by atoms with Crippen LogP contribution in [0.15, 0.2) is 24.3 Å². The normalized spacial score (nSPS) is 15.2. The number of nitrogens with zero attached hydrogens (tertiary/aromatic N) is 2. The third-order valence-corrected chi connectivity index (χ3v) is 3.45. The predicted molar refractivity (Wildman–Crippen MR) is 66.4 cm³/mol. The maximum absolute atomic E-state index is 9.09. The Balaban J connectivity index is 2.15. The number of rotatable bonds is 4. The molecule has 1 aliphatic carbocycles. The Hall–Kier alpha value is -1.49. The van der Waals surface area contributed by atoms with E-state index in [9.17, 15) is 0 Å². The Kier molecular flexibility index (Phi) is 3.46. The molecule has 16 heavy (non-hydrogen) atoms. The van der Waals surface area contributed by atoms with Crippen molar-refractivity contribution in [2.75, 3.05) is 18.0 Å². The summed E-state index contributed by atoms with van der Waals surface area (Å²) in [4.78, 5) is 2.34. The number of nitriles is 1. The summed E-state index contributed by atoms with van der Waals surface area (Å²) >= 11 is 0. The van der Waals surface area contributed by atoms with Crippen LogP contribution in [0.5, 0.6) is 0 Å². The summed E-state index contributed by atoms with van der Waals surface area (Å²) in [6.07, 6.45) is 4.08. The lowest BCUT2D eigenvalue weighted by atomic mass is 9.85. The third-order valence-electron chi connectivity index (χ3n) is 3.45. The molecule has 0 unspecified atom stereocenters. The second-order valence-corrected chi connectivity index (χ2v) is 4.46. The van der Waals surface area contributed by atoms with Crippen LogP contribution < -0.4 is 4.90 Å². The number of benzene rings is 1. The van der Waals surface area contributed by atoms with Crippen molar-refractivity contribution in [3.05, 3.63) is 29.8 Å². The molecule has 2 rings (SSSR count). The summed E-state index contributed by atoms with van der Waals surface area (Å²) in [7, 11) is 0. The maximum Gasteiger partial charge on any atom is 0.101 e. The van der Waals surface area contributed by atoms with Gasteiger partial charge in [0.05, 0.1) is 11.3 Å². The van der Waals surface area contributed by atoms with Crippen LogP contribution in [0.3, 0.4) is 0 Å². The lowest BCUT2D eigenvalue weighted by Gasteiger charge is -2.33. The number of anilines is 1. The topological polar surface area (TPSA) is 27.0 Å². The molecule has 0 amide bonds. The molecular formula is C14H18N2. The van der Waals surface area contributed by atoms with Gasteiger partial charge in [-0.1, -0.05) is 18.6 Å². The van der Waals surface area contributed by atoms with E-state index in [0.29, 0.717) is 0 Å². The SMILES string of the molecule is CCN(CC1CCC1)c1ccccc1C#N. The van der Waals surface area contributed by atoms with Crippen LogP contribution in [-0.2, 0) is 0 Å². The lowest BCUT2D eigenvalue weighted by Crippen LogP contribution is -2.32. The van der Waals surface area contributed by atoms with Crippen molar-refractivity contribution in [2.24, 2.45) is 5.92 Å². The van der Waals surface area contributed by atoms with E-state index in [0.717, 1.165) is 30.3 Å². The highest BCUT2D eigenvalue weighted by atomic mass is 15.1. The first-order chi connectivity index (χ1) is 7.85. The molecule has 1 saturated carbocycles. The third kappa shape index (κ3) is 2.19. The summed E-state index contributed by atoms with van der Waals surface area (Å²) in [5.41, 5.74) is 1.89. The zero-order valence-corrected chi connectivity index (χ0v) is 9.82. The van der Waals surface area contributed by atoms with Crippen LogP contribution in [0.25, 0.3) is 0 Å². The molecular weight excluding hydrogens is 196 g/mol. The van der Waals surface area contributed by atoms with Crippen molar-refractivity contribution < 1.29 is 0 Å². The molecule has 1 aromatic rings. The first-order valence-electron chi connectivity index (χ1n) is 6.09. The fraction of sp³-hybridized carbons (Fsp3) is 0.500. The van der Waals surface area contributed by atoms with Gasteiger partial charge < -0.3 is 4.90 Å². The monoisotopic (exact) mass is 214 g/mol. The molecule has 2 heteroatoms. The Morgan fingerprint density at radius 1 is 1.38 bits per heavy atom. The van der Waals surface area contributed by atoms with Crippen molar-refractivity contribution in [1.29, 1.82) is 5.26 Å². The van der Waals surface area contributed by atoms with Crippen molar-refractivity contribution >= 4 is 5.69 Å². The highest BCUT2D eigenvalue weighted by molar-refractivity contribution is 5.59. The van der Waals surface area contributed by atoms with E-state index in [1.165, 1.54) is 19.3 Å². The van der Waals surface area contributed by atoms with E-state index in [1.807, 2.05) is 18.2 Å². The average Bonchev–Trinajstić information content (AvgIpc) is 2.28. The van der Waals surface area contributed by atoms with E-state index >= 15 is 0 Å². The van der Waals surface area contributed by atoms with E-state index in [2.05, 4.69) is 24.0 Å². The first kappa shape index (κ1) is 11.0. The number of hydrogen-bond acceptors (Lipinski definition) is 2. The summed E-state index contributed by atoms with van der Waals surface area (Å²) in [6.45, 7) is 4.25. The molecule has 0 heterocycles. The second-order valence-electron chi connectivity index (χ2n) is 4.46. The van der Waals surface area contributed by atoms with Crippen LogP contribution in [0.2, 0.25) is 0 Å². The van der Waals surface area contributed by atoms with Gasteiger partial charge in [-0.25, -0.2) is 0 Å². The lowest BCUT2D eigenvalue weighted by molar-refractivity contribution is 0.318. The molecule has 0 bridgehead atoms. The smallest absolute Gasteiger partial charge is 0.101 e. The van der Waals surface area contributed by atoms with E-state index in [1.54, 1.807) is 0 Å². The molecule has 0 saturated heterocycles. The number of hydrogen-bond donors (Lipinski definition) is 0. The van der Waals surface area contributed by atoms with E-state index < -0.39 is 0 Å². The van der Waals surface area contributed by atoms with Crippen LogP contribution in [-0.4, -0.2) is 13.1 Å². The zero-order valence-electron chi connectivity index (χ0n) is 9.82. The van der Waals surface area contributed by atoms with Crippen LogP contribution in [0.4, 0.5) is 5.69 Å². The maximum atomic E-state index is 9.09. The highest BCUT2D eigenvalue weighted by Crippen LogP contribution is 2.29. The highest BCUT2D eigenvalue weighted by Gasteiger charge is 2.21. The fourth-order valence-corrected chi connectivity index (χ4v) is 2.23. The average molecular weight is 214 g/mol. The standard InChI is InChI=1S/C14H18N2/c1-2-16(11-12-6-5-7-12)14-9-4-3-8-13(14)10-15/h3-4,8-9,12H,2,5-7,11H2,1H3. The number of para-hydroxylation sites is 1. The van der Waals surface area contributed by atoms with Crippen molar-refractivity contribution in [3.8, 4) is 6.07 Å². The minimum Gasteiger partial charge on any atom is -0.370 e. The zero-order chi connectivity index (χ0) is 11.4. The van der Waals surface area contributed by atoms with Crippen LogP contribution >= 0.6 is 0 Å². The molecule has 1 aromatic carbocycles. The van der Waals surface area contributed by atoms with Crippen molar-refractivity contribution in [2.45, 2.75) is 26.2 Å². The molecule has 0 aliphatic heterocycles. The van der Waals surface area contributed by atoms with Gasteiger partial charge in [0.1, 0.15) is 6.07 Å². The Labute approximate surface area is 97.5 Å². The Morgan fingerprint density at radius 3 is 2.69 bits per heavy atom. The van der Waals surface area contributed by atoms with E-state index in [-0.39, 0.29) is 0 Å². The molecule has 84 valence electrons. The largest absolute Gasteiger partial charge is 0.370 e. The molecule has 2 nitrogen and oxygen atoms in total. The summed E-state index contributed by atoms with van der Waals surface area (Å²) in [5.74, 6) is 0.840. The molecule has 0 atom stereocenters. The predicted octanol–water partition coefficient (Wildman–Crippen LogP) is 3.18. The molecule has 1 aliphatic rings. The van der Waals surface area contributed by atoms with E-state index in [4.69, 9.17) is 5.26 Å². The minimum absolute atomic E-state index is 0.795. The first-order valence-corrected chi connectivity index (χ1v) is 6.09. The van der Waals surface area contributed by atoms with Gasteiger partial charge in [0.25, 0.3) is 0 Å². The Morgan fingerprint density at radius 2 is 2.12 bits per heavy atom. The van der Waals surface area contributed by atoms with Gasteiger partial charge in [-0.3, -0.25) is 0 Å². The molecule has 1 fully saturated rings. The van der Waals surface area contributed by atoms with Gasteiger partial charge >= 0.3 is 0 Å². The molecule has 0 aromatic heterocycles. The van der Waals surface area contributed by atoms with Gasteiger partial charge in [0.15, 0.2) is 0 Å². The minimum atomic E-state index is 0.795. The van der Waals surface area contributed by atoms with Crippen LogP contribution in [0, 0.1) is 17.2 Å². The summed E-state index contributed by atoms with van der Waals surface area (Å²) in [5, 5.41) is 9.09. The molecule has 0 N–H and O–H groups in total. The van der Waals surface area contributed by atoms with Gasteiger partial charge in [0, 0.05) is 13.1 Å². The quantitative estimate of drug-likeness (QED) is 0.769.